The van der Waals surface area contributed by atoms with Crippen molar-refractivity contribution in [2.24, 2.45) is 0 Å². The minimum Gasteiger partial charge on any atom is -0.488 e. The zero-order valence-corrected chi connectivity index (χ0v) is 15.1. The first-order valence-electron chi connectivity index (χ1n) is 8.79. The van der Waals surface area contributed by atoms with E-state index in [-0.39, 0.29) is 6.10 Å². The van der Waals surface area contributed by atoms with Gasteiger partial charge in [0, 0.05) is 30.5 Å². The molecule has 1 N–H and O–H groups in total. The molecule has 1 aliphatic carbocycles. The normalized spacial score (nSPS) is 19.8. The average molecular weight is 360 g/mol. The number of anilines is 1. The molecule has 1 aliphatic heterocycles. The Kier molecular flexibility index (Phi) is 4.77. The maximum atomic E-state index is 6.15. The molecule has 2 aliphatic rings. The molecule has 5 nitrogen and oxygen atoms in total. The minimum absolute atomic E-state index is 0.135. The van der Waals surface area contributed by atoms with Crippen molar-refractivity contribution < 1.29 is 9.47 Å². The highest BCUT2D eigenvalue weighted by atomic mass is 35.5. The third-order valence-electron chi connectivity index (χ3n) is 4.52. The van der Waals surface area contributed by atoms with Crippen LogP contribution in [0.4, 0.5) is 5.82 Å². The largest absolute Gasteiger partial charge is 0.488 e. The lowest BCUT2D eigenvalue weighted by Gasteiger charge is -2.17. The molecule has 132 valence electrons. The van der Waals surface area contributed by atoms with Gasteiger partial charge in [-0.3, -0.25) is 0 Å². The predicted molar refractivity (Wildman–Crippen MR) is 97.4 cm³/mol. The number of nitrogens with zero attached hydrogens (tertiary/aromatic N) is 2. The first-order valence-corrected chi connectivity index (χ1v) is 9.17. The second kappa shape index (κ2) is 7.18. The molecule has 0 amide bonds. The van der Waals surface area contributed by atoms with Gasteiger partial charge in [0.2, 0.25) is 0 Å². The van der Waals surface area contributed by atoms with Crippen LogP contribution in [0.3, 0.4) is 0 Å². The topological polar surface area (TPSA) is 56.3 Å². The fourth-order valence-electron chi connectivity index (χ4n) is 2.94. The molecule has 6 heteroatoms. The Bertz CT molecular complexity index is 758. The number of ether oxygens (including phenoxy) is 2. The SMILES string of the molecule is Cc1ccc(CNc2cc(Cl)nc(C3CC3)n2)c(OC2CCOC2)c1. The lowest BCUT2D eigenvalue weighted by molar-refractivity contribution is 0.140. The van der Waals surface area contributed by atoms with Gasteiger partial charge in [0.25, 0.3) is 0 Å². The van der Waals surface area contributed by atoms with Gasteiger partial charge >= 0.3 is 0 Å². The van der Waals surface area contributed by atoms with Crippen molar-refractivity contribution >= 4 is 17.4 Å². The molecule has 1 unspecified atom stereocenters. The van der Waals surface area contributed by atoms with Crippen LogP contribution in [-0.4, -0.2) is 29.3 Å². The summed E-state index contributed by atoms with van der Waals surface area (Å²) in [4.78, 5) is 8.92. The van der Waals surface area contributed by atoms with Gasteiger partial charge in [-0.15, -0.1) is 0 Å². The van der Waals surface area contributed by atoms with Crippen molar-refractivity contribution in [2.75, 3.05) is 18.5 Å². The van der Waals surface area contributed by atoms with Crippen LogP contribution in [0.15, 0.2) is 24.3 Å². The maximum Gasteiger partial charge on any atom is 0.135 e. The van der Waals surface area contributed by atoms with Crippen molar-refractivity contribution in [1.29, 1.82) is 0 Å². The standard InChI is InChI=1S/C19H22ClN3O2/c1-12-2-3-14(16(8-12)25-15-6-7-24-11-15)10-21-18-9-17(20)22-19(23-18)13-4-5-13/h2-3,8-9,13,15H,4-7,10-11H2,1H3,(H,21,22,23). The molecular weight excluding hydrogens is 338 g/mol. The summed E-state index contributed by atoms with van der Waals surface area (Å²) in [6.45, 7) is 4.13. The number of aromatic nitrogens is 2. The van der Waals surface area contributed by atoms with E-state index in [4.69, 9.17) is 21.1 Å². The van der Waals surface area contributed by atoms with Crippen LogP contribution in [0.2, 0.25) is 5.15 Å². The highest BCUT2D eigenvalue weighted by Gasteiger charge is 2.27. The molecule has 0 spiro atoms. The van der Waals surface area contributed by atoms with Crippen molar-refractivity contribution in [3.8, 4) is 5.75 Å². The van der Waals surface area contributed by atoms with E-state index in [9.17, 15) is 0 Å². The van der Waals surface area contributed by atoms with E-state index < -0.39 is 0 Å². The third kappa shape index (κ3) is 4.22. The number of halogens is 1. The fourth-order valence-corrected chi connectivity index (χ4v) is 3.13. The van der Waals surface area contributed by atoms with Gasteiger partial charge in [-0.05, 0) is 31.4 Å². The summed E-state index contributed by atoms with van der Waals surface area (Å²) in [5.74, 6) is 2.99. The van der Waals surface area contributed by atoms with Crippen molar-refractivity contribution in [3.63, 3.8) is 0 Å². The van der Waals surface area contributed by atoms with Gasteiger partial charge < -0.3 is 14.8 Å². The monoisotopic (exact) mass is 359 g/mol. The van der Waals surface area contributed by atoms with Crippen LogP contribution < -0.4 is 10.1 Å². The van der Waals surface area contributed by atoms with Gasteiger partial charge in [0.05, 0.1) is 13.2 Å². The number of hydrogen-bond donors (Lipinski definition) is 1. The van der Waals surface area contributed by atoms with Crippen LogP contribution in [0, 0.1) is 6.92 Å². The summed E-state index contributed by atoms with van der Waals surface area (Å²) in [7, 11) is 0. The Hall–Kier alpha value is -1.85. The second-order valence-corrected chi connectivity index (χ2v) is 7.16. The Balaban J connectivity index is 1.48. The Labute approximate surface area is 152 Å². The summed E-state index contributed by atoms with van der Waals surface area (Å²) in [5.41, 5.74) is 2.28. The van der Waals surface area contributed by atoms with E-state index in [1.807, 2.05) is 0 Å². The van der Waals surface area contributed by atoms with Crippen LogP contribution in [-0.2, 0) is 11.3 Å². The molecule has 0 radical (unpaired) electrons. The summed E-state index contributed by atoms with van der Waals surface area (Å²) in [5, 5.41) is 3.85. The molecule has 1 aromatic heterocycles. The van der Waals surface area contributed by atoms with Crippen molar-refractivity contribution in [3.05, 3.63) is 46.4 Å². The number of hydrogen-bond acceptors (Lipinski definition) is 5. The van der Waals surface area contributed by atoms with Gasteiger partial charge in [0.15, 0.2) is 0 Å². The molecule has 25 heavy (non-hydrogen) atoms. The molecule has 2 aromatic rings. The average Bonchev–Trinajstić information content (AvgIpc) is 3.32. The van der Waals surface area contributed by atoms with Crippen molar-refractivity contribution in [2.45, 2.75) is 44.8 Å². The Morgan fingerprint density at radius 1 is 1.24 bits per heavy atom. The summed E-state index contributed by atoms with van der Waals surface area (Å²) in [6.07, 6.45) is 3.38. The summed E-state index contributed by atoms with van der Waals surface area (Å²) >= 11 is 6.14. The molecule has 2 heterocycles. The van der Waals surface area contributed by atoms with Crippen LogP contribution in [0.25, 0.3) is 0 Å². The van der Waals surface area contributed by atoms with Crippen molar-refractivity contribution in [1.82, 2.24) is 9.97 Å². The summed E-state index contributed by atoms with van der Waals surface area (Å²) in [6, 6.07) is 8.04. The van der Waals surface area contributed by atoms with E-state index in [1.54, 1.807) is 6.07 Å². The lowest BCUT2D eigenvalue weighted by atomic mass is 10.1. The van der Waals surface area contributed by atoms with Crippen LogP contribution in [0.5, 0.6) is 5.75 Å². The predicted octanol–water partition coefficient (Wildman–Crippen LogP) is 4.10. The molecule has 0 bridgehead atoms. The van der Waals surface area contributed by atoms with Gasteiger partial charge in [-0.1, -0.05) is 23.7 Å². The molecular formula is C19H22ClN3O2. The number of rotatable bonds is 6. The zero-order chi connectivity index (χ0) is 17.2. The highest BCUT2D eigenvalue weighted by molar-refractivity contribution is 6.29. The first kappa shape index (κ1) is 16.6. The van der Waals surface area contributed by atoms with E-state index in [0.29, 0.717) is 24.2 Å². The Morgan fingerprint density at radius 2 is 2.12 bits per heavy atom. The minimum atomic E-state index is 0.135. The lowest BCUT2D eigenvalue weighted by Crippen LogP contribution is -2.17. The number of aryl methyl sites for hydroxylation is 1. The van der Waals surface area contributed by atoms with E-state index >= 15 is 0 Å². The first-order chi connectivity index (χ1) is 12.2. The fraction of sp³-hybridized carbons (Fsp3) is 0.474. The quantitative estimate of drug-likeness (QED) is 0.787. The molecule has 4 rings (SSSR count). The van der Waals surface area contributed by atoms with Gasteiger partial charge in [0.1, 0.15) is 28.6 Å². The molecule has 1 atom stereocenters. The number of nitrogens with one attached hydrogen (secondary N) is 1. The molecule has 1 saturated heterocycles. The van der Waals surface area contributed by atoms with Gasteiger partial charge in [-0.2, -0.15) is 0 Å². The summed E-state index contributed by atoms with van der Waals surface area (Å²) < 4.78 is 11.6. The van der Waals surface area contributed by atoms with E-state index in [2.05, 4.69) is 40.4 Å². The second-order valence-electron chi connectivity index (χ2n) is 6.78. The zero-order valence-electron chi connectivity index (χ0n) is 14.3. The highest BCUT2D eigenvalue weighted by Crippen LogP contribution is 2.38. The molecule has 1 saturated carbocycles. The smallest absolute Gasteiger partial charge is 0.135 e. The van der Waals surface area contributed by atoms with E-state index in [0.717, 1.165) is 48.8 Å². The van der Waals surface area contributed by atoms with Crippen LogP contribution >= 0.6 is 11.6 Å². The van der Waals surface area contributed by atoms with Gasteiger partial charge in [-0.25, -0.2) is 9.97 Å². The van der Waals surface area contributed by atoms with E-state index in [1.165, 1.54) is 5.56 Å². The molecule has 2 fully saturated rings. The molecule has 1 aromatic carbocycles. The third-order valence-corrected chi connectivity index (χ3v) is 4.71. The maximum absolute atomic E-state index is 6.15. The number of benzene rings is 1. The Morgan fingerprint density at radius 3 is 2.88 bits per heavy atom. The van der Waals surface area contributed by atoms with Crippen LogP contribution in [0.1, 0.15) is 42.1 Å².